The molecule has 2 N–H and O–H groups in total. The molecule has 3 rings (SSSR count). The summed E-state index contributed by atoms with van der Waals surface area (Å²) in [4.78, 5) is 13.9. The summed E-state index contributed by atoms with van der Waals surface area (Å²) < 4.78 is 0. The molecule has 3 fully saturated rings. The molecule has 2 heterocycles. The highest BCUT2D eigenvalue weighted by Gasteiger charge is 2.54. The van der Waals surface area contributed by atoms with Crippen LogP contribution in [0.1, 0.15) is 114 Å². The quantitative estimate of drug-likeness (QED) is 0.613. The Morgan fingerprint density at radius 1 is 0.613 bits per heavy atom. The molecule has 1 aliphatic carbocycles. The zero-order valence-corrected chi connectivity index (χ0v) is 21.5. The second-order valence-corrected chi connectivity index (χ2v) is 13.2. The van der Waals surface area contributed by atoms with Crippen molar-refractivity contribution in [1.29, 1.82) is 0 Å². The van der Waals surface area contributed by atoms with E-state index in [1.54, 1.807) is 0 Å². The van der Waals surface area contributed by atoms with E-state index in [1.165, 1.54) is 0 Å². The first-order chi connectivity index (χ1) is 14.0. The standard InChI is InChI=1S/C25H48N2O4/c1-18-10-12-25(13-11-18,30-26-21(2,3)14-19(28)15-22(26,4)5)31-27-23(6,7)16-20(29)17-24(27,8)9/h18-20,28-29H,10-17H2,1-9H3. The maximum Gasteiger partial charge on any atom is 0.207 e. The Bertz CT molecular complexity index is 555. The lowest BCUT2D eigenvalue weighted by molar-refractivity contribution is -0.478. The van der Waals surface area contributed by atoms with Gasteiger partial charge in [0, 0.05) is 35.0 Å². The minimum Gasteiger partial charge on any atom is -0.393 e. The Labute approximate surface area is 190 Å². The van der Waals surface area contributed by atoms with Gasteiger partial charge in [-0.25, -0.2) is 0 Å². The average Bonchev–Trinajstić information content (AvgIpc) is 2.55. The number of rotatable bonds is 4. The molecule has 0 bridgehead atoms. The van der Waals surface area contributed by atoms with Gasteiger partial charge in [-0.3, -0.25) is 9.68 Å². The largest absolute Gasteiger partial charge is 0.393 e. The Balaban J connectivity index is 1.93. The molecule has 2 aliphatic heterocycles. The molecular formula is C25H48N2O4. The molecule has 6 nitrogen and oxygen atoms in total. The third-order valence-electron chi connectivity index (χ3n) is 7.69. The summed E-state index contributed by atoms with van der Waals surface area (Å²) in [5, 5.41) is 25.2. The maximum absolute atomic E-state index is 10.5. The third-order valence-corrected chi connectivity index (χ3v) is 7.69. The molecule has 182 valence electrons. The van der Waals surface area contributed by atoms with Crippen LogP contribution in [0.4, 0.5) is 0 Å². The Hall–Kier alpha value is -0.240. The molecule has 3 aliphatic rings. The van der Waals surface area contributed by atoms with Crippen molar-refractivity contribution in [3.63, 3.8) is 0 Å². The molecule has 31 heavy (non-hydrogen) atoms. The lowest BCUT2D eigenvalue weighted by atomic mass is 9.80. The molecule has 6 heteroatoms. The fourth-order valence-corrected chi connectivity index (χ4v) is 6.65. The maximum atomic E-state index is 10.5. The van der Waals surface area contributed by atoms with Crippen LogP contribution < -0.4 is 0 Å². The number of piperidine rings is 2. The van der Waals surface area contributed by atoms with Crippen molar-refractivity contribution < 1.29 is 19.9 Å². The number of hydroxylamine groups is 4. The van der Waals surface area contributed by atoms with E-state index in [1.807, 2.05) is 0 Å². The van der Waals surface area contributed by atoms with Crippen LogP contribution in [0.3, 0.4) is 0 Å². The molecule has 0 unspecified atom stereocenters. The molecule has 0 amide bonds. The minimum atomic E-state index is -0.736. The topological polar surface area (TPSA) is 65.4 Å². The predicted molar refractivity (Wildman–Crippen MR) is 123 cm³/mol. The fraction of sp³-hybridized carbons (Fsp3) is 1.00. The normalized spacial score (nSPS) is 32.2. The predicted octanol–water partition coefficient (Wildman–Crippen LogP) is 4.78. The highest BCUT2D eigenvalue weighted by atomic mass is 16.9. The van der Waals surface area contributed by atoms with Crippen LogP contribution in [0, 0.1) is 5.92 Å². The van der Waals surface area contributed by atoms with Crippen molar-refractivity contribution in [3.05, 3.63) is 0 Å². The summed E-state index contributed by atoms with van der Waals surface area (Å²) in [6.07, 6.45) is 5.86. The molecule has 2 saturated heterocycles. The minimum absolute atomic E-state index is 0.302. The first-order valence-corrected chi connectivity index (χ1v) is 12.3. The molecular weight excluding hydrogens is 392 g/mol. The van der Waals surface area contributed by atoms with Crippen molar-refractivity contribution in [2.45, 2.75) is 154 Å². The number of nitrogens with zero attached hydrogens (tertiary/aromatic N) is 2. The Morgan fingerprint density at radius 2 is 0.903 bits per heavy atom. The summed E-state index contributed by atoms with van der Waals surface area (Å²) in [5.74, 6) is -0.0751. The van der Waals surface area contributed by atoms with Crippen LogP contribution >= 0.6 is 0 Å². The van der Waals surface area contributed by atoms with E-state index in [2.05, 4.69) is 72.4 Å². The SMILES string of the molecule is CC1CCC(ON2C(C)(C)CC(O)CC2(C)C)(ON2C(C)(C)CC(O)CC2(C)C)CC1. The summed E-state index contributed by atoms with van der Waals surface area (Å²) in [6, 6.07) is 0. The monoisotopic (exact) mass is 440 g/mol. The number of aliphatic hydroxyl groups is 2. The third kappa shape index (κ3) is 5.30. The summed E-state index contributed by atoms with van der Waals surface area (Å²) >= 11 is 0. The van der Waals surface area contributed by atoms with Crippen LogP contribution in [-0.2, 0) is 9.68 Å². The van der Waals surface area contributed by atoms with E-state index in [4.69, 9.17) is 9.68 Å². The number of aliphatic hydroxyl groups excluding tert-OH is 2. The van der Waals surface area contributed by atoms with E-state index in [0.29, 0.717) is 31.6 Å². The first kappa shape index (κ1) is 25.4. The van der Waals surface area contributed by atoms with E-state index in [-0.39, 0.29) is 34.4 Å². The van der Waals surface area contributed by atoms with Crippen LogP contribution in [0.15, 0.2) is 0 Å². The zero-order valence-electron chi connectivity index (χ0n) is 21.5. The van der Waals surface area contributed by atoms with Crippen LogP contribution in [0.25, 0.3) is 0 Å². The van der Waals surface area contributed by atoms with Crippen LogP contribution in [0.2, 0.25) is 0 Å². The Morgan fingerprint density at radius 3 is 1.19 bits per heavy atom. The first-order valence-electron chi connectivity index (χ1n) is 12.3. The van der Waals surface area contributed by atoms with Crippen LogP contribution in [0.5, 0.6) is 0 Å². The zero-order chi connectivity index (χ0) is 23.5. The fourth-order valence-electron chi connectivity index (χ4n) is 6.65. The molecule has 0 aromatic rings. The van der Waals surface area contributed by atoms with Crippen molar-refractivity contribution in [1.82, 2.24) is 10.1 Å². The van der Waals surface area contributed by atoms with Gasteiger partial charge in [-0.15, -0.1) is 0 Å². The van der Waals surface area contributed by atoms with Gasteiger partial charge in [0.05, 0.1) is 12.2 Å². The average molecular weight is 441 g/mol. The Kier molecular flexibility index (Phi) is 6.72. The highest BCUT2D eigenvalue weighted by Crippen LogP contribution is 2.48. The van der Waals surface area contributed by atoms with E-state index >= 15 is 0 Å². The lowest BCUT2D eigenvalue weighted by Gasteiger charge is -2.59. The van der Waals surface area contributed by atoms with Gasteiger partial charge < -0.3 is 10.2 Å². The molecule has 0 atom stereocenters. The summed E-state index contributed by atoms with van der Waals surface area (Å²) in [7, 11) is 0. The van der Waals surface area contributed by atoms with Crippen molar-refractivity contribution in [2.75, 3.05) is 0 Å². The van der Waals surface area contributed by atoms with Gasteiger partial charge in [0.25, 0.3) is 0 Å². The van der Waals surface area contributed by atoms with Gasteiger partial charge in [0.2, 0.25) is 5.79 Å². The lowest BCUT2D eigenvalue weighted by Crippen LogP contribution is -2.68. The van der Waals surface area contributed by atoms with Gasteiger partial charge in [0.1, 0.15) is 0 Å². The number of hydrogen-bond acceptors (Lipinski definition) is 6. The molecule has 0 spiro atoms. The van der Waals surface area contributed by atoms with E-state index < -0.39 is 5.79 Å². The van der Waals surface area contributed by atoms with E-state index in [0.717, 1.165) is 25.7 Å². The van der Waals surface area contributed by atoms with Gasteiger partial charge in [-0.2, -0.15) is 10.1 Å². The molecule has 0 aromatic carbocycles. The number of hydrogen-bond donors (Lipinski definition) is 2. The second kappa shape index (κ2) is 8.21. The van der Waals surface area contributed by atoms with Gasteiger partial charge in [0.15, 0.2) is 0 Å². The van der Waals surface area contributed by atoms with Crippen molar-refractivity contribution in [2.24, 2.45) is 5.92 Å². The van der Waals surface area contributed by atoms with Gasteiger partial charge >= 0.3 is 0 Å². The van der Waals surface area contributed by atoms with Crippen molar-refractivity contribution >= 4 is 0 Å². The van der Waals surface area contributed by atoms with E-state index in [9.17, 15) is 10.2 Å². The molecule has 1 saturated carbocycles. The second-order valence-electron chi connectivity index (χ2n) is 13.2. The smallest absolute Gasteiger partial charge is 0.207 e. The van der Waals surface area contributed by atoms with Gasteiger partial charge in [-0.05, 0) is 99.8 Å². The van der Waals surface area contributed by atoms with Crippen LogP contribution in [-0.4, -0.2) is 60.5 Å². The summed E-state index contributed by atoms with van der Waals surface area (Å²) in [6.45, 7) is 19.5. The van der Waals surface area contributed by atoms with Crippen molar-refractivity contribution in [3.8, 4) is 0 Å². The summed E-state index contributed by atoms with van der Waals surface area (Å²) in [5.41, 5.74) is -1.21. The highest BCUT2D eigenvalue weighted by molar-refractivity contribution is 4.99. The molecule has 0 aromatic heterocycles. The molecule has 0 radical (unpaired) electrons. The van der Waals surface area contributed by atoms with Gasteiger partial charge in [-0.1, -0.05) is 6.92 Å².